The number of para-hydroxylation sites is 1. The largest absolute Gasteiger partial charge is 0.379 e. The Hall–Kier alpha value is -3.07. The van der Waals surface area contributed by atoms with Crippen LogP contribution in [0.25, 0.3) is 10.9 Å². The van der Waals surface area contributed by atoms with Crippen molar-refractivity contribution in [3.63, 3.8) is 0 Å². The first-order chi connectivity index (χ1) is 12.2. The Labute approximate surface area is 146 Å². The van der Waals surface area contributed by atoms with Gasteiger partial charge in [-0.3, -0.25) is 9.67 Å². The van der Waals surface area contributed by atoms with Crippen molar-refractivity contribution in [2.24, 2.45) is 7.05 Å². The van der Waals surface area contributed by atoms with Crippen LogP contribution in [0.15, 0.2) is 36.8 Å². The number of hydrogen-bond donors (Lipinski definition) is 1. The number of fused-ring (bicyclic) bond motifs is 1. The second-order valence-electron chi connectivity index (χ2n) is 6.58. The molecule has 1 saturated heterocycles. The van der Waals surface area contributed by atoms with Gasteiger partial charge in [0.25, 0.3) is 0 Å². The van der Waals surface area contributed by atoms with Gasteiger partial charge < -0.3 is 10.2 Å². The summed E-state index contributed by atoms with van der Waals surface area (Å²) in [4.78, 5) is 6.79. The minimum Gasteiger partial charge on any atom is -0.379 e. The molecule has 0 amide bonds. The molecule has 126 valence electrons. The van der Waals surface area contributed by atoms with Crippen LogP contribution < -0.4 is 10.2 Å². The molecule has 3 heterocycles. The standard InChI is InChI=1S/C19H20N6/c1-13-4-3-5-17-18(13)21-9-14(8-20)19(17)23-15-6-7-25(11-15)16-10-22-24(2)12-16/h3-5,9-10,12,15H,6-7,11H2,1-2H3,(H,21,23)/t15-/m0/s1. The zero-order chi connectivity index (χ0) is 17.4. The minimum atomic E-state index is 0.290. The Morgan fingerprint density at radius 3 is 2.96 bits per heavy atom. The molecule has 6 nitrogen and oxygen atoms in total. The number of hydrogen-bond acceptors (Lipinski definition) is 5. The number of nitrogens with zero attached hydrogens (tertiary/aromatic N) is 5. The van der Waals surface area contributed by atoms with Gasteiger partial charge in [0.05, 0.1) is 28.7 Å². The van der Waals surface area contributed by atoms with Gasteiger partial charge in [-0.1, -0.05) is 18.2 Å². The Bertz CT molecular complexity index is 968. The molecule has 2 aromatic heterocycles. The molecular formula is C19H20N6. The van der Waals surface area contributed by atoms with Crippen molar-refractivity contribution >= 4 is 22.3 Å². The van der Waals surface area contributed by atoms with Crippen molar-refractivity contribution in [2.75, 3.05) is 23.3 Å². The molecule has 0 radical (unpaired) electrons. The number of benzene rings is 1. The number of rotatable bonds is 3. The van der Waals surface area contributed by atoms with Gasteiger partial charge in [-0.2, -0.15) is 10.4 Å². The fourth-order valence-corrected chi connectivity index (χ4v) is 3.50. The van der Waals surface area contributed by atoms with Gasteiger partial charge in [0.15, 0.2) is 0 Å². The molecule has 25 heavy (non-hydrogen) atoms. The van der Waals surface area contributed by atoms with E-state index < -0.39 is 0 Å². The molecule has 0 saturated carbocycles. The smallest absolute Gasteiger partial charge is 0.103 e. The first-order valence-corrected chi connectivity index (χ1v) is 8.44. The lowest BCUT2D eigenvalue weighted by atomic mass is 10.1. The van der Waals surface area contributed by atoms with E-state index >= 15 is 0 Å². The molecular weight excluding hydrogens is 312 g/mol. The van der Waals surface area contributed by atoms with Gasteiger partial charge >= 0.3 is 0 Å². The summed E-state index contributed by atoms with van der Waals surface area (Å²) in [6.07, 6.45) is 6.63. The lowest BCUT2D eigenvalue weighted by molar-refractivity contribution is 0.767. The van der Waals surface area contributed by atoms with Crippen LogP contribution in [0.3, 0.4) is 0 Å². The van der Waals surface area contributed by atoms with Crippen LogP contribution in [-0.2, 0) is 7.05 Å². The van der Waals surface area contributed by atoms with E-state index in [1.165, 1.54) is 0 Å². The maximum absolute atomic E-state index is 9.50. The van der Waals surface area contributed by atoms with E-state index in [0.29, 0.717) is 11.6 Å². The summed E-state index contributed by atoms with van der Waals surface area (Å²) in [5.74, 6) is 0. The van der Waals surface area contributed by atoms with E-state index in [1.807, 2.05) is 49.2 Å². The van der Waals surface area contributed by atoms with Crippen molar-refractivity contribution in [3.8, 4) is 6.07 Å². The number of pyridine rings is 1. The van der Waals surface area contributed by atoms with E-state index in [1.54, 1.807) is 6.20 Å². The summed E-state index contributed by atoms with van der Waals surface area (Å²) in [6, 6.07) is 8.66. The summed E-state index contributed by atoms with van der Waals surface area (Å²) in [5.41, 5.74) is 4.70. The Morgan fingerprint density at radius 1 is 1.32 bits per heavy atom. The fraction of sp³-hybridized carbons (Fsp3) is 0.316. The Morgan fingerprint density at radius 2 is 2.20 bits per heavy atom. The van der Waals surface area contributed by atoms with Crippen LogP contribution in [0.5, 0.6) is 0 Å². The quantitative estimate of drug-likeness (QED) is 0.799. The van der Waals surface area contributed by atoms with E-state index in [0.717, 1.165) is 47.4 Å². The molecule has 4 rings (SSSR count). The van der Waals surface area contributed by atoms with E-state index in [-0.39, 0.29) is 0 Å². The molecule has 1 aromatic carbocycles. The maximum atomic E-state index is 9.50. The summed E-state index contributed by atoms with van der Waals surface area (Å²) >= 11 is 0. The molecule has 1 aliphatic heterocycles. The van der Waals surface area contributed by atoms with Gasteiger partial charge in [-0.15, -0.1) is 0 Å². The molecule has 3 aromatic rings. The van der Waals surface area contributed by atoms with Crippen molar-refractivity contribution < 1.29 is 0 Å². The predicted octanol–water partition coefficient (Wildman–Crippen LogP) is 2.84. The Kier molecular flexibility index (Phi) is 3.77. The summed E-state index contributed by atoms with van der Waals surface area (Å²) in [6.45, 7) is 3.92. The molecule has 0 unspecified atom stereocenters. The number of nitriles is 1. The zero-order valence-corrected chi connectivity index (χ0v) is 14.4. The maximum Gasteiger partial charge on any atom is 0.103 e. The molecule has 1 atom stereocenters. The van der Waals surface area contributed by atoms with E-state index in [9.17, 15) is 5.26 Å². The normalized spacial score (nSPS) is 17.0. The van der Waals surface area contributed by atoms with E-state index in [2.05, 4.69) is 26.4 Å². The second-order valence-corrected chi connectivity index (χ2v) is 6.58. The average Bonchev–Trinajstić information content (AvgIpc) is 3.24. The predicted molar refractivity (Wildman–Crippen MR) is 98.6 cm³/mol. The first-order valence-electron chi connectivity index (χ1n) is 8.44. The summed E-state index contributed by atoms with van der Waals surface area (Å²) < 4.78 is 1.82. The molecule has 1 aliphatic rings. The van der Waals surface area contributed by atoms with Gasteiger partial charge in [-0.25, -0.2) is 0 Å². The molecule has 0 bridgehead atoms. The number of aryl methyl sites for hydroxylation is 2. The average molecular weight is 332 g/mol. The lowest BCUT2D eigenvalue weighted by Gasteiger charge is -2.19. The van der Waals surface area contributed by atoms with Crippen molar-refractivity contribution in [3.05, 3.63) is 47.9 Å². The highest BCUT2D eigenvalue weighted by molar-refractivity contribution is 5.95. The SMILES string of the molecule is Cc1cccc2c(N[C@H]3CCN(c4cnn(C)c4)C3)c(C#N)cnc12. The Balaban J connectivity index is 1.63. The van der Waals surface area contributed by atoms with Crippen LogP contribution in [0, 0.1) is 18.3 Å². The lowest BCUT2D eigenvalue weighted by Crippen LogP contribution is -2.26. The number of nitrogens with one attached hydrogen (secondary N) is 1. The highest BCUT2D eigenvalue weighted by atomic mass is 15.3. The van der Waals surface area contributed by atoms with E-state index in [4.69, 9.17) is 0 Å². The second kappa shape index (κ2) is 6.10. The topological polar surface area (TPSA) is 69.8 Å². The monoisotopic (exact) mass is 332 g/mol. The van der Waals surface area contributed by atoms with Crippen LogP contribution in [-0.4, -0.2) is 33.9 Å². The summed E-state index contributed by atoms with van der Waals surface area (Å²) in [5, 5.41) is 18.4. The zero-order valence-electron chi connectivity index (χ0n) is 14.4. The first kappa shape index (κ1) is 15.5. The third-order valence-corrected chi connectivity index (χ3v) is 4.81. The van der Waals surface area contributed by atoms with Gasteiger partial charge in [0.1, 0.15) is 6.07 Å². The molecule has 1 fully saturated rings. The highest BCUT2D eigenvalue weighted by Gasteiger charge is 2.25. The molecule has 1 N–H and O–H groups in total. The van der Waals surface area contributed by atoms with Crippen molar-refractivity contribution in [2.45, 2.75) is 19.4 Å². The van der Waals surface area contributed by atoms with Crippen LogP contribution in [0.2, 0.25) is 0 Å². The van der Waals surface area contributed by atoms with Crippen LogP contribution in [0.1, 0.15) is 17.5 Å². The van der Waals surface area contributed by atoms with Gasteiger partial charge in [-0.05, 0) is 18.9 Å². The third kappa shape index (κ3) is 2.78. The van der Waals surface area contributed by atoms with Crippen molar-refractivity contribution in [1.82, 2.24) is 14.8 Å². The fourth-order valence-electron chi connectivity index (χ4n) is 3.50. The number of anilines is 2. The third-order valence-electron chi connectivity index (χ3n) is 4.81. The molecule has 0 spiro atoms. The minimum absolute atomic E-state index is 0.290. The summed E-state index contributed by atoms with van der Waals surface area (Å²) in [7, 11) is 1.93. The van der Waals surface area contributed by atoms with Gasteiger partial charge in [0.2, 0.25) is 0 Å². The number of aromatic nitrogens is 3. The highest BCUT2D eigenvalue weighted by Crippen LogP contribution is 2.30. The van der Waals surface area contributed by atoms with Crippen molar-refractivity contribution in [1.29, 1.82) is 5.26 Å². The van der Waals surface area contributed by atoms with Gasteiger partial charge in [0, 0.05) is 44.0 Å². The molecule has 0 aliphatic carbocycles. The molecule has 6 heteroatoms. The van der Waals surface area contributed by atoms with Crippen LogP contribution in [0.4, 0.5) is 11.4 Å². The van der Waals surface area contributed by atoms with Crippen LogP contribution >= 0.6 is 0 Å².